The third-order valence-electron chi connectivity index (χ3n) is 3.67. The molecule has 4 heteroatoms. The lowest BCUT2D eigenvalue weighted by molar-refractivity contribution is 0.0776. The molecule has 1 aliphatic rings. The van der Waals surface area contributed by atoms with Gasteiger partial charge in [-0.15, -0.1) is 0 Å². The lowest BCUT2D eigenvalue weighted by atomic mass is 9.80. The van der Waals surface area contributed by atoms with Crippen LogP contribution in [0.1, 0.15) is 37.6 Å². The van der Waals surface area contributed by atoms with Crippen LogP contribution in [0.5, 0.6) is 0 Å². The first-order valence-corrected chi connectivity index (χ1v) is 6.66. The SMILES string of the molecule is CC(C)(C)C1CCN(C(=O)c2ccnc(Cl)c2)C1. The molecule has 0 saturated carbocycles. The van der Waals surface area contributed by atoms with Crippen molar-refractivity contribution in [2.75, 3.05) is 13.1 Å². The summed E-state index contributed by atoms with van der Waals surface area (Å²) in [6, 6.07) is 3.35. The van der Waals surface area contributed by atoms with Gasteiger partial charge in [0.15, 0.2) is 0 Å². The van der Waals surface area contributed by atoms with Crippen LogP contribution in [-0.4, -0.2) is 28.9 Å². The van der Waals surface area contributed by atoms with E-state index in [4.69, 9.17) is 11.6 Å². The van der Waals surface area contributed by atoms with Crippen molar-refractivity contribution < 1.29 is 4.79 Å². The molecule has 0 N–H and O–H groups in total. The van der Waals surface area contributed by atoms with Gasteiger partial charge < -0.3 is 4.90 Å². The number of halogens is 1. The van der Waals surface area contributed by atoms with Crippen molar-refractivity contribution in [3.8, 4) is 0 Å². The minimum absolute atomic E-state index is 0.0612. The zero-order valence-corrected chi connectivity index (χ0v) is 11.9. The van der Waals surface area contributed by atoms with E-state index in [0.29, 0.717) is 16.6 Å². The normalized spacial score (nSPS) is 20.2. The summed E-state index contributed by atoms with van der Waals surface area (Å²) in [5.41, 5.74) is 0.884. The van der Waals surface area contributed by atoms with Crippen molar-refractivity contribution in [3.05, 3.63) is 29.0 Å². The third-order valence-corrected chi connectivity index (χ3v) is 3.88. The second-order valence-corrected chi connectivity index (χ2v) is 6.36. The Morgan fingerprint density at radius 1 is 1.50 bits per heavy atom. The van der Waals surface area contributed by atoms with Crippen LogP contribution >= 0.6 is 11.6 Å². The topological polar surface area (TPSA) is 33.2 Å². The van der Waals surface area contributed by atoms with Crippen LogP contribution in [0.15, 0.2) is 18.3 Å². The lowest BCUT2D eigenvalue weighted by Crippen LogP contribution is -2.31. The fourth-order valence-electron chi connectivity index (χ4n) is 2.37. The predicted octanol–water partition coefficient (Wildman–Crippen LogP) is 3.24. The highest BCUT2D eigenvalue weighted by molar-refractivity contribution is 6.29. The van der Waals surface area contributed by atoms with Crippen LogP contribution in [0, 0.1) is 11.3 Å². The van der Waals surface area contributed by atoms with E-state index in [9.17, 15) is 4.79 Å². The van der Waals surface area contributed by atoms with Crippen molar-refractivity contribution >= 4 is 17.5 Å². The lowest BCUT2D eigenvalue weighted by Gasteiger charge is -2.27. The van der Waals surface area contributed by atoms with Gasteiger partial charge in [0.25, 0.3) is 5.91 Å². The molecule has 0 bridgehead atoms. The molecule has 1 unspecified atom stereocenters. The Labute approximate surface area is 113 Å². The molecule has 1 saturated heterocycles. The van der Waals surface area contributed by atoms with Crippen LogP contribution in [0.25, 0.3) is 0 Å². The van der Waals surface area contributed by atoms with E-state index in [0.717, 1.165) is 19.5 Å². The smallest absolute Gasteiger partial charge is 0.254 e. The minimum Gasteiger partial charge on any atom is -0.338 e. The number of hydrogen-bond donors (Lipinski definition) is 0. The summed E-state index contributed by atoms with van der Waals surface area (Å²) in [5, 5.41) is 0.368. The number of pyridine rings is 1. The molecule has 1 amide bonds. The van der Waals surface area contributed by atoms with Crippen molar-refractivity contribution in [1.82, 2.24) is 9.88 Å². The molecule has 0 aliphatic carbocycles. The Hall–Kier alpha value is -1.09. The minimum atomic E-state index is 0.0612. The van der Waals surface area contributed by atoms with Crippen LogP contribution in [0.3, 0.4) is 0 Å². The van der Waals surface area contributed by atoms with Crippen molar-refractivity contribution in [2.24, 2.45) is 11.3 Å². The number of hydrogen-bond acceptors (Lipinski definition) is 2. The van der Waals surface area contributed by atoms with Gasteiger partial charge in [-0.3, -0.25) is 4.79 Å². The van der Waals surface area contributed by atoms with Crippen molar-refractivity contribution in [1.29, 1.82) is 0 Å². The van der Waals surface area contributed by atoms with E-state index in [1.807, 2.05) is 4.90 Å². The average molecular weight is 267 g/mol. The molecule has 2 heterocycles. The first-order valence-electron chi connectivity index (χ1n) is 6.29. The summed E-state index contributed by atoms with van der Waals surface area (Å²) in [5.74, 6) is 0.629. The van der Waals surface area contributed by atoms with Crippen LogP contribution in [0.4, 0.5) is 0 Å². The zero-order valence-electron chi connectivity index (χ0n) is 11.1. The molecule has 1 fully saturated rings. The number of amides is 1. The quantitative estimate of drug-likeness (QED) is 0.731. The molecule has 0 aromatic carbocycles. The van der Waals surface area contributed by atoms with Gasteiger partial charge in [0.05, 0.1) is 0 Å². The largest absolute Gasteiger partial charge is 0.338 e. The summed E-state index contributed by atoms with van der Waals surface area (Å²) < 4.78 is 0. The zero-order chi connectivity index (χ0) is 13.3. The summed E-state index contributed by atoms with van der Waals surface area (Å²) in [7, 11) is 0. The van der Waals surface area contributed by atoms with Gasteiger partial charge in [-0.1, -0.05) is 32.4 Å². The fourth-order valence-corrected chi connectivity index (χ4v) is 2.54. The van der Waals surface area contributed by atoms with Gasteiger partial charge in [-0.2, -0.15) is 0 Å². The first-order chi connectivity index (χ1) is 8.38. The fraction of sp³-hybridized carbons (Fsp3) is 0.571. The Morgan fingerprint density at radius 3 is 2.78 bits per heavy atom. The van der Waals surface area contributed by atoms with E-state index in [1.165, 1.54) is 0 Å². The van der Waals surface area contributed by atoms with E-state index in [2.05, 4.69) is 25.8 Å². The Bertz CT molecular complexity index is 453. The molecule has 3 nitrogen and oxygen atoms in total. The van der Waals surface area contributed by atoms with E-state index < -0.39 is 0 Å². The van der Waals surface area contributed by atoms with Gasteiger partial charge in [-0.05, 0) is 29.9 Å². The molecule has 1 aromatic rings. The Morgan fingerprint density at radius 2 is 2.22 bits per heavy atom. The number of aromatic nitrogens is 1. The number of nitrogens with zero attached hydrogens (tertiary/aromatic N) is 2. The number of carbonyl (C=O) groups is 1. The standard InChI is InChI=1S/C14H19ClN2O/c1-14(2,3)11-5-7-17(9-11)13(18)10-4-6-16-12(15)8-10/h4,6,8,11H,5,7,9H2,1-3H3. The highest BCUT2D eigenvalue weighted by Gasteiger charge is 2.34. The predicted molar refractivity (Wildman–Crippen MR) is 72.7 cm³/mol. The van der Waals surface area contributed by atoms with Crippen LogP contribution in [0.2, 0.25) is 5.15 Å². The highest BCUT2D eigenvalue weighted by Crippen LogP contribution is 2.34. The van der Waals surface area contributed by atoms with Gasteiger partial charge in [-0.25, -0.2) is 4.98 Å². The number of rotatable bonds is 1. The molecule has 2 rings (SSSR count). The summed E-state index contributed by atoms with van der Waals surface area (Å²) in [6.45, 7) is 8.36. The molecule has 18 heavy (non-hydrogen) atoms. The molecule has 1 atom stereocenters. The van der Waals surface area contributed by atoms with Crippen molar-refractivity contribution in [2.45, 2.75) is 27.2 Å². The maximum atomic E-state index is 12.3. The summed E-state index contributed by atoms with van der Waals surface area (Å²) in [6.07, 6.45) is 2.65. The van der Waals surface area contributed by atoms with Gasteiger partial charge >= 0.3 is 0 Å². The molecule has 1 aliphatic heterocycles. The van der Waals surface area contributed by atoms with Gasteiger partial charge in [0.2, 0.25) is 0 Å². The molecule has 98 valence electrons. The summed E-state index contributed by atoms with van der Waals surface area (Å²) >= 11 is 5.82. The molecular formula is C14H19ClN2O. The maximum absolute atomic E-state index is 12.3. The average Bonchev–Trinajstić information content (AvgIpc) is 2.77. The molecular weight excluding hydrogens is 248 g/mol. The van der Waals surface area contributed by atoms with Gasteiger partial charge in [0, 0.05) is 24.8 Å². The van der Waals surface area contributed by atoms with Gasteiger partial charge in [0.1, 0.15) is 5.15 Å². The first kappa shape index (κ1) is 13.3. The monoisotopic (exact) mass is 266 g/mol. The highest BCUT2D eigenvalue weighted by atomic mass is 35.5. The number of carbonyl (C=O) groups excluding carboxylic acids is 1. The second kappa shape index (κ2) is 4.88. The third kappa shape index (κ3) is 2.83. The molecule has 0 spiro atoms. The van der Waals surface area contributed by atoms with E-state index >= 15 is 0 Å². The number of likely N-dealkylation sites (tertiary alicyclic amines) is 1. The van der Waals surface area contributed by atoms with Crippen molar-refractivity contribution in [3.63, 3.8) is 0 Å². The second-order valence-electron chi connectivity index (χ2n) is 5.97. The Balaban J connectivity index is 2.08. The summed E-state index contributed by atoms with van der Waals surface area (Å²) in [4.78, 5) is 18.1. The molecule has 1 aromatic heterocycles. The Kier molecular flexibility index (Phi) is 3.62. The van der Waals surface area contributed by atoms with Crippen LogP contribution < -0.4 is 0 Å². The maximum Gasteiger partial charge on any atom is 0.254 e. The van der Waals surface area contributed by atoms with E-state index in [-0.39, 0.29) is 11.3 Å². The van der Waals surface area contributed by atoms with Crippen LogP contribution in [-0.2, 0) is 0 Å². The molecule has 0 radical (unpaired) electrons. The van der Waals surface area contributed by atoms with E-state index in [1.54, 1.807) is 18.3 Å².